The number of fused-ring (bicyclic) bond motifs is 1. The zero-order valence-corrected chi connectivity index (χ0v) is 7.36. The van der Waals surface area contributed by atoms with Gasteiger partial charge in [0, 0.05) is 12.1 Å². The van der Waals surface area contributed by atoms with Gasteiger partial charge in [0.1, 0.15) is 6.33 Å². The maximum atomic E-state index is 4.41. The third-order valence-corrected chi connectivity index (χ3v) is 2.08. The molecule has 0 N–H and O–H groups in total. The molecule has 0 spiro atoms. The summed E-state index contributed by atoms with van der Waals surface area (Å²) in [7, 11) is 0. The fourth-order valence-corrected chi connectivity index (χ4v) is 1.32. The smallest absolute Gasteiger partial charge is 0.230 e. The zero-order chi connectivity index (χ0) is 8.55. The minimum atomic E-state index is 0.524. The van der Waals surface area contributed by atoms with Crippen LogP contribution < -0.4 is 0 Å². The highest BCUT2D eigenvalue weighted by Crippen LogP contribution is 2.17. The molecule has 12 heavy (non-hydrogen) atoms. The summed E-state index contributed by atoms with van der Waals surface area (Å²) in [5.41, 5.74) is 1.23. The molecule has 0 amide bonds. The van der Waals surface area contributed by atoms with Crippen LogP contribution in [0.2, 0.25) is 0 Å². The fourth-order valence-electron chi connectivity index (χ4n) is 1.32. The summed E-state index contributed by atoms with van der Waals surface area (Å²) in [6.07, 6.45) is 2.57. The second-order valence-corrected chi connectivity index (χ2v) is 3.29. The third kappa shape index (κ3) is 1.13. The number of aliphatic imine (C=N–C) groups is 1. The number of aryl methyl sites for hydroxylation is 1. The molecule has 0 atom stereocenters. The molecule has 0 aromatic carbocycles. The molecular formula is C8H12N4. The van der Waals surface area contributed by atoms with Crippen molar-refractivity contribution in [2.75, 3.05) is 0 Å². The van der Waals surface area contributed by atoms with E-state index in [4.69, 9.17) is 0 Å². The van der Waals surface area contributed by atoms with Crippen LogP contribution in [0.5, 0.6) is 0 Å². The van der Waals surface area contributed by atoms with Gasteiger partial charge in [-0.05, 0) is 5.92 Å². The van der Waals surface area contributed by atoms with Gasteiger partial charge in [0.25, 0.3) is 0 Å². The van der Waals surface area contributed by atoms with Crippen molar-refractivity contribution in [1.82, 2.24) is 14.8 Å². The van der Waals surface area contributed by atoms with E-state index in [2.05, 4.69) is 28.9 Å². The first-order chi connectivity index (χ1) is 5.77. The number of hydrogen-bond acceptors (Lipinski definition) is 3. The molecular weight excluding hydrogens is 152 g/mol. The van der Waals surface area contributed by atoms with E-state index in [0.29, 0.717) is 5.92 Å². The Balaban J connectivity index is 2.35. The van der Waals surface area contributed by atoms with E-state index in [1.54, 1.807) is 6.33 Å². The van der Waals surface area contributed by atoms with Crippen molar-refractivity contribution in [3.63, 3.8) is 0 Å². The minimum Gasteiger partial charge on any atom is -0.230 e. The SMILES string of the molecule is CC(C)C1=Nc2ncnn2CC1. The van der Waals surface area contributed by atoms with Gasteiger partial charge in [-0.15, -0.1) is 0 Å². The summed E-state index contributed by atoms with van der Waals surface area (Å²) < 4.78 is 1.84. The normalized spacial score (nSPS) is 16.1. The standard InChI is InChI=1S/C8H12N4/c1-6(2)7-3-4-12-8(11-7)9-5-10-12/h5-6H,3-4H2,1-2H3. The van der Waals surface area contributed by atoms with Crippen molar-refractivity contribution in [3.8, 4) is 0 Å². The molecule has 0 radical (unpaired) electrons. The molecule has 1 aliphatic heterocycles. The van der Waals surface area contributed by atoms with Crippen molar-refractivity contribution >= 4 is 11.7 Å². The van der Waals surface area contributed by atoms with Crippen LogP contribution in [0, 0.1) is 5.92 Å². The summed E-state index contributed by atoms with van der Waals surface area (Å²) in [5.74, 6) is 1.28. The van der Waals surface area contributed by atoms with Crippen molar-refractivity contribution < 1.29 is 0 Å². The van der Waals surface area contributed by atoms with Gasteiger partial charge in [-0.2, -0.15) is 10.1 Å². The topological polar surface area (TPSA) is 43.1 Å². The van der Waals surface area contributed by atoms with Crippen molar-refractivity contribution in [3.05, 3.63) is 6.33 Å². The molecule has 0 saturated heterocycles. The van der Waals surface area contributed by atoms with Gasteiger partial charge in [-0.3, -0.25) is 0 Å². The van der Waals surface area contributed by atoms with Crippen LogP contribution in [0.15, 0.2) is 11.3 Å². The minimum absolute atomic E-state index is 0.524. The Morgan fingerprint density at radius 3 is 3.08 bits per heavy atom. The van der Waals surface area contributed by atoms with Gasteiger partial charge in [0.2, 0.25) is 5.95 Å². The maximum Gasteiger partial charge on any atom is 0.247 e. The highest BCUT2D eigenvalue weighted by atomic mass is 15.4. The van der Waals surface area contributed by atoms with Crippen LogP contribution in [0.1, 0.15) is 20.3 Å². The van der Waals surface area contributed by atoms with Gasteiger partial charge in [-0.1, -0.05) is 13.8 Å². The summed E-state index contributed by atoms with van der Waals surface area (Å²) in [6, 6.07) is 0. The number of hydrogen-bond donors (Lipinski definition) is 0. The maximum absolute atomic E-state index is 4.41. The second-order valence-electron chi connectivity index (χ2n) is 3.29. The summed E-state index contributed by atoms with van der Waals surface area (Å²) in [4.78, 5) is 8.46. The Labute approximate surface area is 71.3 Å². The van der Waals surface area contributed by atoms with Crippen molar-refractivity contribution in [2.24, 2.45) is 10.9 Å². The van der Waals surface area contributed by atoms with Gasteiger partial charge in [-0.25, -0.2) is 9.67 Å². The van der Waals surface area contributed by atoms with Crippen LogP contribution >= 0.6 is 0 Å². The average molecular weight is 164 g/mol. The highest BCUT2D eigenvalue weighted by Gasteiger charge is 2.14. The Morgan fingerprint density at radius 2 is 2.33 bits per heavy atom. The first kappa shape index (κ1) is 7.46. The fraction of sp³-hybridized carbons (Fsp3) is 0.625. The lowest BCUT2D eigenvalue weighted by Crippen LogP contribution is -2.16. The van der Waals surface area contributed by atoms with Crippen molar-refractivity contribution in [2.45, 2.75) is 26.8 Å². The first-order valence-corrected chi connectivity index (χ1v) is 4.22. The van der Waals surface area contributed by atoms with Crippen LogP contribution in [0.4, 0.5) is 5.95 Å². The van der Waals surface area contributed by atoms with E-state index >= 15 is 0 Å². The van der Waals surface area contributed by atoms with E-state index in [0.717, 1.165) is 18.9 Å². The lowest BCUT2D eigenvalue weighted by molar-refractivity contribution is 0.609. The molecule has 0 saturated carbocycles. The van der Waals surface area contributed by atoms with Gasteiger partial charge in [0.05, 0.1) is 6.54 Å². The molecule has 0 bridgehead atoms. The first-order valence-electron chi connectivity index (χ1n) is 4.22. The predicted octanol–water partition coefficient (Wildman–Crippen LogP) is 1.41. The monoisotopic (exact) mass is 164 g/mol. The largest absolute Gasteiger partial charge is 0.247 e. The molecule has 4 heteroatoms. The number of nitrogens with zero attached hydrogens (tertiary/aromatic N) is 4. The number of aromatic nitrogens is 3. The van der Waals surface area contributed by atoms with Gasteiger partial charge >= 0.3 is 0 Å². The zero-order valence-electron chi connectivity index (χ0n) is 7.36. The second kappa shape index (κ2) is 2.69. The lowest BCUT2D eigenvalue weighted by Gasteiger charge is -2.14. The predicted molar refractivity (Wildman–Crippen MR) is 46.6 cm³/mol. The summed E-state index contributed by atoms with van der Waals surface area (Å²) in [5, 5.41) is 4.05. The molecule has 2 rings (SSSR count). The van der Waals surface area contributed by atoms with E-state index < -0.39 is 0 Å². The van der Waals surface area contributed by atoms with Crippen LogP contribution in [0.3, 0.4) is 0 Å². The molecule has 1 aromatic heterocycles. The highest BCUT2D eigenvalue weighted by molar-refractivity contribution is 5.88. The Bertz CT molecular complexity index is 311. The third-order valence-electron chi connectivity index (χ3n) is 2.08. The van der Waals surface area contributed by atoms with Crippen molar-refractivity contribution in [1.29, 1.82) is 0 Å². The number of rotatable bonds is 1. The van der Waals surface area contributed by atoms with E-state index in [9.17, 15) is 0 Å². The Kier molecular flexibility index (Phi) is 1.67. The molecule has 4 nitrogen and oxygen atoms in total. The summed E-state index contributed by atoms with van der Waals surface area (Å²) >= 11 is 0. The molecule has 0 aliphatic carbocycles. The molecule has 0 unspecified atom stereocenters. The van der Waals surface area contributed by atoms with Crippen LogP contribution in [-0.4, -0.2) is 20.5 Å². The Hall–Kier alpha value is -1.19. The van der Waals surface area contributed by atoms with Gasteiger partial charge < -0.3 is 0 Å². The van der Waals surface area contributed by atoms with E-state index in [-0.39, 0.29) is 0 Å². The molecule has 1 aromatic rings. The van der Waals surface area contributed by atoms with E-state index in [1.165, 1.54) is 5.71 Å². The molecule has 64 valence electrons. The Morgan fingerprint density at radius 1 is 1.50 bits per heavy atom. The quantitative estimate of drug-likeness (QED) is 0.629. The van der Waals surface area contributed by atoms with Crippen LogP contribution in [0.25, 0.3) is 0 Å². The molecule has 1 aliphatic rings. The average Bonchev–Trinajstić information content (AvgIpc) is 2.49. The van der Waals surface area contributed by atoms with Gasteiger partial charge in [0.15, 0.2) is 0 Å². The van der Waals surface area contributed by atoms with Crippen LogP contribution in [-0.2, 0) is 6.54 Å². The lowest BCUT2D eigenvalue weighted by atomic mass is 10.0. The summed E-state index contributed by atoms with van der Waals surface area (Å²) in [6.45, 7) is 5.24. The molecule has 0 fully saturated rings. The van der Waals surface area contributed by atoms with E-state index in [1.807, 2.05) is 4.68 Å². The molecule has 2 heterocycles.